The van der Waals surface area contributed by atoms with Gasteiger partial charge in [-0.25, -0.2) is 0 Å². The molecule has 1 spiro atoms. The van der Waals surface area contributed by atoms with E-state index in [1.165, 1.54) is 35.2 Å². The zero-order valence-corrected chi connectivity index (χ0v) is 16.8. The Balaban J connectivity index is 1.78. The molecule has 2 heterocycles. The van der Waals surface area contributed by atoms with E-state index in [0.29, 0.717) is 5.69 Å². The first-order valence-corrected chi connectivity index (χ1v) is 10.1. The van der Waals surface area contributed by atoms with Crippen LogP contribution in [0.25, 0.3) is 0 Å². The maximum absolute atomic E-state index is 14.9. The molecule has 0 unspecified atom stereocenters. The quantitative estimate of drug-likeness (QED) is 0.549. The summed E-state index contributed by atoms with van der Waals surface area (Å²) in [5, 5.41) is 0. The van der Waals surface area contributed by atoms with Crippen molar-refractivity contribution in [2.75, 3.05) is 4.90 Å². The highest BCUT2D eigenvalue weighted by atomic mass is 19.4. The Hall–Kier alpha value is -3.61. The summed E-state index contributed by atoms with van der Waals surface area (Å²) < 4.78 is 50.0. The summed E-state index contributed by atoms with van der Waals surface area (Å²) in [7, 11) is 0. The van der Waals surface area contributed by atoms with E-state index in [1.807, 2.05) is 6.07 Å². The molecule has 3 aromatic rings. The lowest BCUT2D eigenvalue weighted by molar-refractivity contribution is -0.279. The minimum Gasteiger partial charge on any atom is -0.443 e. The third-order valence-electron chi connectivity index (χ3n) is 6.31. The number of cyclic esters (lactones) is 1. The summed E-state index contributed by atoms with van der Waals surface area (Å²) in [6.45, 7) is 0.0787. The molecule has 2 aliphatic rings. The number of carbonyl (C=O) groups is 2. The number of nitrogens with zero attached hydrogens (tertiary/aromatic N) is 1. The zero-order valence-electron chi connectivity index (χ0n) is 16.8. The molecule has 2 aliphatic heterocycles. The molecule has 0 bridgehead atoms. The van der Waals surface area contributed by atoms with E-state index in [4.69, 9.17) is 4.74 Å². The maximum atomic E-state index is 14.9. The number of esters is 1. The third-order valence-corrected chi connectivity index (χ3v) is 6.31. The van der Waals surface area contributed by atoms with E-state index in [2.05, 4.69) is 0 Å². The van der Waals surface area contributed by atoms with Crippen LogP contribution in [0.15, 0.2) is 84.9 Å². The summed E-state index contributed by atoms with van der Waals surface area (Å²) in [6.07, 6.45) is -5.73. The van der Waals surface area contributed by atoms with Gasteiger partial charge in [0.15, 0.2) is 0 Å². The molecule has 3 aromatic carbocycles. The predicted molar refractivity (Wildman–Crippen MR) is 111 cm³/mol. The van der Waals surface area contributed by atoms with Gasteiger partial charge in [0.25, 0.3) is 5.60 Å². The Morgan fingerprint density at radius 1 is 0.844 bits per heavy atom. The van der Waals surface area contributed by atoms with Gasteiger partial charge in [-0.05, 0) is 17.2 Å². The van der Waals surface area contributed by atoms with Gasteiger partial charge in [0.2, 0.25) is 5.91 Å². The highest BCUT2D eigenvalue weighted by molar-refractivity contribution is 6.12. The Morgan fingerprint density at radius 2 is 1.44 bits per heavy atom. The first-order chi connectivity index (χ1) is 15.3. The fourth-order valence-corrected chi connectivity index (χ4v) is 5.04. The summed E-state index contributed by atoms with van der Waals surface area (Å²) in [6, 6.07) is 22.3. The molecule has 7 heteroatoms. The number of carbonyl (C=O) groups excluding carboxylic acids is 2. The summed E-state index contributed by atoms with van der Waals surface area (Å²) >= 11 is 0. The second-order valence-electron chi connectivity index (χ2n) is 8.00. The number of fused-ring (bicyclic) bond motifs is 2. The molecule has 1 amide bonds. The number of ether oxygens (including phenoxy) is 1. The van der Waals surface area contributed by atoms with Gasteiger partial charge in [0, 0.05) is 11.3 Å². The molecule has 32 heavy (non-hydrogen) atoms. The largest absolute Gasteiger partial charge is 0.443 e. The number of rotatable bonds is 3. The van der Waals surface area contributed by atoms with Crippen LogP contribution in [0.5, 0.6) is 0 Å². The van der Waals surface area contributed by atoms with E-state index in [-0.39, 0.29) is 17.7 Å². The van der Waals surface area contributed by atoms with Gasteiger partial charge in [0.1, 0.15) is 5.41 Å². The number of benzene rings is 3. The van der Waals surface area contributed by atoms with Crippen LogP contribution in [0, 0.1) is 0 Å². The van der Waals surface area contributed by atoms with Crippen molar-refractivity contribution in [2.45, 2.75) is 30.2 Å². The van der Waals surface area contributed by atoms with Crippen LogP contribution in [-0.4, -0.2) is 18.1 Å². The van der Waals surface area contributed by atoms with Gasteiger partial charge < -0.3 is 9.64 Å². The van der Waals surface area contributed by atoms with Crippen molar-refractivity contribution in [3.05, 3.63) is 102 Å². The maximum Gasteiger partial charge on any atom is 0.434 e. The van der Waals surface area contributed by atoms with Crippen LogP contribution < -0.4 is 4.90 Å². The highest BCUT2D eigenvalue weighted by Crippen LogP contribution is 2.64. The van der Waals surface area contributed by atoms with Crippen molar-refractivity contribution in [2.24, 2.45) is 0 Å². The fraction of sp³-hybridized carbons (Fsp3) is 0.200. The molecule has 0 N–H and O–H groups in total. The van der Waals surface area contributed by atoms with Crippen molar-refractivity contribution in [3.8, 4) is 0 Å². The molecule has 0 radical (unpaired) electrons. The molecule has 0 aliphatic carbocycles. The van der Waals surface area contributed by atoms with Gasteiger partial charge in [-0.2, -0.15) is 13.2 Å². The lowest BCUT2D eigenvalue weighted by Gasteiger charge is -2.41. The third kappa shape index (κ3) is 2.57. The van der Waals surface area contributed by atoms with E-state index in [1.54, 1.807) is 48.5 Å². The molecule has 4 nitrogen and oxygen atoms in total. The van der Waals surface area contributed by atoms with E-state index in [9.17, 15) is 22.8 Å². The standard InChI is InChI=1S/C25H18F3NO3/c26-25(27,28)24(18-11-5-2-6-12-18)23(15-21(30)32-24)19-13-7-8-14-20(19)29(22(23)31)16-17-9-3-1-4-10-17/h1-14H,15-16H2/t23-,24-/m1/s1. The van der Waals surface area contributed by atoms with Crippen LogP contribution in [0.3, 0.4) is 0 Å². The van der Waals surface area contributed by atoms with Crippen molar-refractivity contribution >= 4 is 17.6 Å². The van der Waals surface area contributed by atoms with Crippen LogP contribution in [0.1, 0.15) is 23.1 Å². The minimum absolute atomic E-state index is 0.0787. The van der Waals surface area contributed by atoms with Crippen LogP contribution in [0.2, 0.25) is 0 Å². The smallest absolute Gasteiger partial charge is 0.434 e. The Morgan fingerprint density at radius 3 is 2.09 bits per heavy atom. The zero-order chi connectivity index (χ0) is 22.6. The number of halogens is 3. The topological polar surface area (TPSA) is 46.6 Å². The molecule has 162 valence electrons. The van der Waals surface area contributed by atoms with Crippen molar-refractivity contribution in [1.29, 1.82) is 0 Å². The average Bonchev–Trinajstić information content (AvgIpc) is 3.24. The molecule has 2 atom stereocenters. The SMILES string of the molecule is O=C1C[C@@]2(C(=O)N(Cc3ccccc3)c3ccccc32)[C@](c2ccccc2)(C(F)(F)F)O1. The van der Waals surface area contributed by atoms with Crippen LogP contribution in [-0.2, 0) is 31.9 Å². The number of anilines is 1. The minimum atomic E-state index is -5.04. The molecule has 0 aromatic heterocycles. The van der Waals surface area contributed by atoms with Gasteiger partial charge in [-0.15, -0.1) is 0 Å². The van der Waals surface area contributed by atoms with Gasteiger partial charge in [-0.3, -0.25) is 9.59 Å². The van der Waals surface area contributed by atoms with E-state index in [0.717, 1.165) is 5.56 Å². The first kappa shape index (κ1) is 20.3. The van der Waals surface area contributed by atoms with Crippen LogP contribution >= 0.6 is 0 Å². The first-order valence-electron chi connectivity index (χ1n) is 10.1. The number of para-hydroxylation sites is 1. The molecule has 0 saturated carbocycles. The molecular formula is C25H18F3NO3. The lowest BCUT2D eigenvalue weighted by Crippen LogP contribution is -2.60. The van der Waals surface area contributed by atoms with Gasteiger partial charge in [0.05, 0.1) is 13.0 Å². The van der Waals surface area contributed by atoms with Crippen molar-refractivity contribution < 1.29 is 27.5 Å². The summed E-state index contributed by atoms with van der Waals surface area (Å²) in [5.41, 5.74) is -4.40. The Kier molecular flexibility index (Phi) is 4.41. The Bertz CT molecular complexity index is 1200. The molecule has 1 saturated heterocycles. The second-order valence-corrected chi connectivity index (χ2v) is 8.00. The predicted octanol–water partition coefficient (Wildman–Crippen LogP) is 4.88. The molecule has 1 fully saturated rings. The number of amides is 1. The number of hydrogen-bond acceptors (Lipinski definition) is 3. The summed E-state index contributed by atoms with van der Waals surface area (Å²) in [4.78, 5) is 27.9. The summed E-state index contributed by atoms with van der Waals surface area (Å²) in [5.74, 6) is -1.86. The normalized spacial score (nSPS) is 24.7. The average molecular weight is 437 g/mol. The monoisotopic (exact) mass is 437 g/mol. The number of alkyl halides is 3. The van der Waals surface area contributed by atoms with Crippen molar-refractivity contribution in [3.63, 3.8) is 0 Å². The molecular weight excluding hydrogens is 419 g/mol. The van der Waals surface area contributed by atoms with Crippen molar-refractivity contribution in [1.82, 2.24) is 0 Å². The van der Waals surface area contributed by atoms with Gasteiger partial charge in [-0.1, -0.05) is 78.9 Å². The highest BCUT2D eigenvalue weighted by Gasteiger charge is 2.80. The Labute approximate surface area is 182 Å². The van der Waals surface area contributed by atoms with Crippen LogP contribution in [0.4, 0.5) is 18.9 Å². The number of hydrogen-bond donors (Lipinski definition) is 0. The van der Waals surface area contributed by atoms with E-state index >= 15 is 0 Å². The second kappa shape index (κ2) is 6.95. The molecule has 5 rings (SSSR count). The lowest BCUT2D eigenvalue weighted by atomic mass is 9.64. The van der Waals surface area contributed by atoms with E-state index < -0.39 is 35.5 Å². The fourth-order valence-electron chi connectivity index (χ4n) is 5.04. The van der Waals surface area contributed by atoms with Gasteiger partial charge >= 0.3 is 12.1 Å².